The number of nitrogens with zero attached hydrogens (tertiary/aromatic N) is 3. The molecule has 0 saturated carbocycles. The van der Waals surface area contributed by atoms with E-state index in [1.807, 2.05) is 34.6 Å². The number of nitrogen functional groups attached to an aromatic ring is 1. The molecule has 0 spiro atoms. The zero-order valence-electron chi connectivity index (χ0n) is 16.7. The molecule has 0 aliphatic carbocycles. The lowest BCUT2D eigenvalue weighted by molar-refractivity contribution is -0.00508. The van der Waals surface area contributed by atoms with Crippen LogP contribution in [0.4, 0.5) is 14.9 Å². The SMILES string of the molecule is Cc1cn2c(C3NC[C@@H](C)N(C(=O)OC(C)(C)C)[C@H]3C)c(N)cc(F)c2n1. The molecule has 7 nitrogen and oxygen atoms in total. The molecule has 2 aromatic heterocycles. The third-order valence-electron chi connectivity index (χ3n) is 4.81. The summed E-state index contributed by atoms with van der Waals surface area (Å²) in [6.07, 6.45) is 1.39. The molecule has 1 saturated heterocycles. The third kappa shape index (κ3) is 3.58. The first kappa shape index (κ1) is 19.4. The largest absolute Gasteiger partial charge is 0.444 e. The maximum Gasteiger partial charge on any atom is 0.410 e. The van der Waals surface area contributed by atoms with Gasteiger partial charge in [0, 0.05) is 24.8 Å². The fraction of sp³-hybridized carbons (Fsp3) is 0.579. The predicted molar refractivity (Wildman–Crippen MR) is 102 cm³/mol. The van der Waals surface area contributed by atoms with E-state index in [9.17, 15) is 9.18 Å². The average Bonchev–Trinajstić information content (AvgIpc) is 2.89. The van der Waals surface area contributed by atoms with Gasteiger partial charge in [0.05, 0.1) is 29.2 Å². The summed E-state index contributed by atoms with van der Waals surface area (Å²) in [6, 6.07) is 0.710. The molecule has 1 amide bonds. The van der Waals surface area contributed by atoms with Crippen molar-refractivity contribution in [2.24, 2.45) is 0 Å². The first-order valence-corrected chi connectivity index (χ1v) is 9.18. The molecule has 3 rings (SSSR count). The van der Waals surface area contributed by atoms with Crippen molar-refractivity contribution >= 4 is 17.4 Å². The number of aryl methyl sites for hydroxylation is 1. The van der Waals surface area contributed by atoms with Gasteiger partial charge in [-0.2, -0.15) is 0 Å². The molecule has 0 bridgehead atoms. The Morgan fingerprint density at radius 3 is 2.70 bits per heavy atom. The highest BCUT2D eigenvalue weighted by atomic mass is 19.1. The first-order valence-electron chi connectivity index (χ1n) is 9.18. The number of anilines is 1. The van der Waals surface area contributed by atoms with Gasteiger partial charge in [-0.05, 0) is 41.5 Å². The van der Waals surface area contributed by atoms with Crippen LogP contribution in [0, 0.1) is 12.7 Å². The fourth-order valence-electron chi connectivity index (χ4n) is 3.71. The zero-order chi connectivity index (χ0) is 20.1. The van der Waals surface area contributed by atoms with E-state index in [2.05, 4.69) is 10.3 Å². The van der Waals surface area contributed by atoms with Gasteiger partial charge >= 0.3 is 6.09 Å². The van der Waals surface area contributed by atoms with Gasteiger partial charge in [0.15, 0.2) is 11.5 Å². The number of amides is 1. The molecule has 0 radical (unpaired) electrons. The minimum atomic E-state index is -0.583. The Hall–Kier alpha value is -2.35. The molecular weight excluding hydrogens is 349 g/mol. The number of nitrogens with two attached hydrogens (primary N) is 1. The smallest absolute Gasteiger partial charge is 0.410 e. The summed E-state index contributed by atoms with van der Waals surface area (Å²) in [4.78, 5) is 18.8. The van der Waals surface area contributed by atoms with Gasteiger partial charge < -0.3 is 15.8 Å². The molecule has 1 fully saturated rings. The number of carbonyl (C=O) groups excluding carboxylic acids is 1. The normalized spacial score (nSPS) is 23.7. The summed E-state index contributed by atoms with van der Waals surface area (Å²) in [6.45, 7) is 11.8. The molecule has 1 aliphatic rings. The number of hydrogen-bond acceptors (Lipinski definition) is 5. The number of fused-ring (bicyclic) bond motifs is 1. The maximum absolute atomic E-state index is 14.3. The van der Waals surface area contributed by atoms with Crippen LogP contribution in [0.1, 0.15) is 52.0 Å². The quantitative estimate of drug-likeness (QED) is 0.798. The van der Waals surface area contributed by atoms with Crippen molar-refractivity contribution in [3.05, 3.63) is 29.5 Å². The summed E-state index contributed by atoms with van der Waals surface area (Å²) >= 11 is 0. The molecule has 1 aliphatic heterocycles. The number of carbonyl (C=O) groups is 1. The summed E-state index contributed by atoms with van der Waals surface area (Å²) in [5.74, 6) is -0.467. The van der Waals surface area contributed by atoms with Crippen LogP contribution in [0.15, 0.2) is 12.3 Å². The van der Waals surface area contributed by atoms with E-state index >= 15 is 0 Å². The Kier molecular flexibility index (Phi) is 4.80. The summed E-state index contributed by atoms with van der Waals surface area (Å²) < 4.78 is 21.6. The highest BCUT2D eigenvalue weighted by Gasteiger charge is 2.40. The van der Waals surface area contributed by atoms with Gasteiger partial charge in [0.25, 0.3) is 0 Å². The minimum absolute atomic E-state index is 0.0483. The summed E-state index contributed by atoms with van der Waals surface area (Å²) in [5, 5.41) is 3.44. The number of ether oxygens (including phenoxy) is 1. The molecule has 0 aromatic carbocycles. The molecule has 3 atom stereocenters. The van der Waals surface area contributed by atoms with Gasteiger partial charge in [-0.15, -0.1) is 0 Å². The monoisotopic (exact) mass is 377 g/mol. The van der Waals surface area contributed by atoms with Gasteiger partial charge in [-0.3, -0.25) is 9.30 Å². The topological polar surface area (TPSA) is 84.9 Å². The molecular formula is C19H28FN5O2. The minimum Gasteiger partial charge on any atom is -0.444 e. The van der Waals surface area contributed by atoms with E-state index < -0.39 is 11.4 Å². The standard InChI is InChI=1S/C19H28FN5O2/c1-10-9-24-16(14(21)7-13(20)17(24)23-10)15-12(3)25(11(2)8-22-15)18(26)27-19(4,5)6/h7,9,11-12,15,22H,8,21H2,1-6H3/t11-,12+,15?/m1/s1. The van der Waals surface area contributed by atoms with Crippen LogP contribution in [0.3, 0.4) is 0 Å². The van der Waals surface area contributed by atoms with Crippen LogP contribution in [-0.4, -0.2) is 44.6 Å². The van der Waals surface area contributed by atoms with Crippen molar-refractivity contribution in [2.45, 2.75) is 65.3 Å². The van der Waals surface area contributed by atoms with Crippen molar-refractivity contribution in [2.75, 3.05) is 12.3 Å². The number of pyridine rings is 1. The number of halogens is 1. The number of aromatic nitrogens is 2. The summed E-state index contributed by atoms with van der Waals surface area (Å²) in [7, 11) is 0. The molecule has 3 N–H and O–H groups in total. The van der Waals surface area contributed by atoms with E-state index in [0.717, 1.165) is 0 Å². The third-order valence-corrected chi connectivity index (χ3v) is 4.81. The van der Waals surface area contributed by atoms with Gasteiger partial charge in [-0.1, -0.05) is 0 Å². The molecule has 1 unspecified atom stereocenters. The van der Waals surface area contributed by atoms with Gasteiger partial charge in [0.1, 0.15) is 5.60 Å². The van der Waals surface area contributed by atoms with Crippen LogP contribution in [-0.2, 0) is 4.74 Å². The average molecular weight is 377 g/mol. The van der Waals surface area contributed by atoms with E-state index in [1.54, 1.807) is 22.4 Å². The molecule has 2 aromatic rings. The maximum atomic E-state index is 14.3. The number of hydrogen-bond donors (Lipinski definition) is 2. The van der Waals surface area contributed by atoms with Gasteiger partial charge in [0.2, 0.25) is 0 Å². The highest BCUT2D eigenvalue weighted by molar-refractivity contribution is 5.69. The van der Waals surface area contributed by atoms with E-state index in [-0.39, 0.29) is 29.9 Å². The Morgan fingerprint density at radius 1 is 1.41 bits per heavy atom. The second-order valence-corrected chi connectivity index (χ2v) is 8.27. The molecule has 3 heterocycles. The number of piperazine rings is 1. The lowest BCUT2D eigenvalue weighted by atomic mass is 9.97. The predicted octanol–water partition coefficient (Wildman–Crippen LogP) is 3.02. The van der Waals surface area contributed by atoms with Crippen molar-refractivity contribution in [1.82, 2.24) is 19.6 Å². The van der Waals surface area contributed by atoms with Crippen molar-refractivity contribution < 1.29 is 13.9 Å². The van der Waals surface area contributed by atoms with Crippen LogP contribution in [0.5, 0.6) is 0 Å². The zero-order valence-corrected chi connectivity index (χ0v) is 16.7. The van der Waals surface area contributed by atoms with Crippen LogP contribution in [0.2, 0.25) is 0 Å². The second kappa shape index (κ2) is 6.67. The van der Waals surface area contributed by atoms with Crippen LogP contribution < -0.4 is 11.1 Å². The first-order chi connectivity index (χ1) is 12.5. The highest BCUT2D eigenvalue weighted by Crippen LogP contribution is 2.32. The van der Waals surface area contributed by atoms with E-state index in [1.165, 1.54) is 6.07 Å². The van der Waals surface area contributed by atoms with E-state index in [4.69, 9.17) is 10.5 Å². The lowest BCUT2D eigenvalue weighted by Crippen LogP contribution is -2.59. The molecule has 8 heteroatoms. The van der Waals surface area contributed by atoms with Crippen LogP contribution in [0.25, 0.3) is 5.65 Å². The lowest BCUT2D eigenvalue weighted by Gasteiger charge is -2.44. The number of imidazole rings is 1. The Balaban J connectivity index is 2.03. The fourth-order valence-corrected chi connectivity index (χ4v) is 3.71. The number of nitrogens with one attached hydrogen (secondary N) is 1. The van der Waals surface area contributed by atoms with Crippen molar-refractivity contribution in [1.29, 1.82) is 0 Å². The van der Waals surface area contributed by atoms with Crippen molar-refractivity contribution in [3.8, 4) is 0 Å². The second-order valence-electron chi connectivity index (χ2n) is 8.27. The van der Waals surface area contributed by atoms with E-state index in [0.29, 0.717) is 23.6 Å². The Morgan fingerprint density at radius 2 is 2.07 bits per heavy atom. The Bertz CT molecular complexity index is 873. The molecule has 148 valence electrons. The van der Waals surface area contributed by atoms with Crippen molar-refractivity contribution in [3.63, 3.8) is 0 Å². The Labute approximate surface area is 158 Å². The number of rotatable bonds is 1. The van der Waals surface area contributed by atoms with Gasteiger partial charge in [-0.25, -0.2) is 14.2 Å². The summed E-state index contributed by atoms with van der Waals surface area (Å²) in [5.41, 5.74) is 7.54. The molecule has 27 heavy (non-hydrogen) atoms. The van der Waals surface area contributed by atoms with Crippen LogP contribution >= 0.6 is 0 Å².